The summed E-state index contributed by atoms with van der Waals surface area (Å²) in [6, 6.07) is 15.9. The summed E-state index contributed by atoms with van der Waals surface area (Å²) < 4.78 is 32.8. The third-order valence-corrected chi connectivity index (χ3v) is 6.92. The average Bonchev–Trinajstić information content (AvgIpc) is 2.74. The van der Waals surface area contributed by atoms with E-state index in [0.717, 1.165) is 11.3 Å². The molecule has 2 unspecified atom stereocenters. The van der Waals surface area contributed by atoms with Crippen LogP contribution in [0.1, 0.15) is 25.3 Å². The van der Waals surface area contributed by atoms with Crippen molar-refractivity contribution in [2.75, 3.05) is 19.7 Å². The highest BCUT2D eigenvalue weighted by molar-refractivity contribution is 7.89. The van der Waals surface area contributed by atoms with Crippen LogP contribution in [0.2, 0.25) is 0 Å². The molecule has 1 aliphatic heterocycles. The Kier molecular flexibility index (Phi) is 6.92. The first kappa shape index (κ1) is 21.3. The molecule has 1 fully saturated rings. The highest BCUT2D eigenvalue weighted by atomic mass is 32.2. The number of amides is 1. The molecule has 29 heavy (non-hydrogen) atoms. The minimum atomic E-state index is -3.58. The van der Waals surface area contributed by atoms with Crippen molar-refractivity contribution in [1.29, 1.82) is 0 Å². The molecule has 2 aromatic rings. The lowest BCUT2D eigenvalue weighted by Gasteiger charge is -2.31. The van der Waals surface area contributed by atoms with Crippen LogP contribution in [0.5, 0.6) is 5.75 Å². The van der Waals surface area contributed by atoms with Gasteiger partial charge in [-0.25, -0.2) is 8.42 Å². The van der Waals surface area contributed by atoms with Crippen molar-refractivity contribution in [3.05, 3.63) is 60.2 Å². The number of ether oxygens (including phenoxy) is 1. The smallest absolute Gasteiger partial charge is 0.243 e. The Bertz CT molecular complexity index is 914. The zero-order valence-corrected chi connectivity index (χ0v) is 17.7. The van der Waals surface area contributed by atoms with E-state index in [4.69, 9.17) is 4.74 Å². The monoisotopic (exact) mass is 416 g/mol. The molecule has 0 saturated carbocycles. The summed E-state index contributed by atoms with van der Waals surface area (Å²) in [4.78, 5) is 13.0. The van der Waals surface area contributed by atoms with Crippen molar-refractivity contribution < 1.29 is 17.9 Å². The van der Waals surface area contributed by atoms with Gasteiger partial charge in [0, 0.05) is 13.1 Å². The third kappa shape index (κ3) is 5.58. The highest BCUT2D eigenvalue weighted by Crippen LogP contribution is 2.24. The Morgan fingerprint density at radius 3 is 2.55 bits per heavy atom. The standard InChI is InChI=1S/C22H28N2O4S/c1-17-10-12-20(13-11-17)28-16-18(2)23-22(25)19-7-6-14-24(15-19)29(26,27)21-8-4-3-5-9-21/h3-5,8-13,18-19H,6-7,14-16H2,1-2H3,(H,23,25). The van der Waals surface area contributed by atoms with Crippen molar-refractivity contribution in [3.63, 3.8) is 0 Å². The number of aryl methyl sites for hydroxylation is 1. The maximum Gasteiger partial charge on any atom is 0.243 e. The molecule has 1 saturated heterocycles. The fraction of sp³-hybridized carbons (Fsp3) is 0.409. The van der Waals surface area contributed by atoms with Gasteiger partial charge in [0.1, 0.15) is 12.4 Å². The van der Waals surface area contributed by atoms with E-state index in [1.165, 1.54) is 4.31 Å². The minimum Gasteiger partial charge on any atom is -0.491 e. The predicted octanol–water partition coefficient (Wildman–Crippen LogP) is 2.98. The molecule has 0 aromatic heterocycles. The van der Waals surface area contributed by atoms with Gasteiger partial charge in [0.25, 0.3) is 0 Å². The predicted molar refractivity (Wildman–Crippen MR) is 112 cm³/mol. The van der Waals surface area contributed by atoms with Crippen molar-refractivity contribution in [1.82, 2.24) is 9.62 Å². The van der Waals surface area contributed by atoms with Gasteiger partial charge in [0.05, 0.1) is 16.9 Å². The van der Waals surface area contributed by atoms with Crippen molar-refractivity contribution in [2.45, 2.75) is 37.6 Å². The second-order valence-corrected chi connectivity index (χ2v) is 9.49. The van der Waals surface area contributed by atoms with Gasteiger partial charge < -0.3 is 10.1 Å². The van der Waals surface area contributed by atoms with Gasteiger partial charge in [-0.1, -0.05) is 35.9 Å². The van der Waals surface area contributed by atoms with Gasteiger partial charge in [-0.2, -0.15) is 4.31 Å². The second kappa shape index (κ2) is 9.41. The first-order valence-electron chi connectivity index (χ1n) is 9.91. The topological polar surface area (TPSA) is 75.7 Å². The van der Waals surface area contributed by atoms with E-state index in [1.54, 1.807) is 30.3 Å². The van der Waals surface area contributed by atoms with E-state index in [2.05, 4.69) is 5.32 Å². The molecule has 6 nitrogen and oxygen atoms in total. The van der Waals surface area contributed by atoms with E-state index in [0.29, 0.717) is 26.0 Å². The minimum absolute atomic E-state index is 0.127. The normalized spacial score (nSPS) is 18.8. The number of piperidine rings is 1. The molecule has 0 spiro atoms. The van der Waals surface area contributed by atoms with Gasteiger partial charge in [0.15, 0.2) is 0 Å². The summed E-state index contributed by atoms with van der Waals surface area (Å²) in [5.41, 5.74) is 1.16. The van der Waals surface area contributed by atoms with Crippen LogP contribution in [-0.2, 0) is 14.8 Å². The Morgan fingerprint density at radius 2 is 1.86 bits per heavy atom. The summed E-state index contributed by atoms with van der Waals surface area (Å²) in [6.07, 6.45) is 1.34. The molecule has 1 aliphatic rings. The molecule has 0 radical (unpaired) electrons. The number of rotatable bonds is 7. The van der Waals surface area contributed by atoms with E-state index >= 15 is 0 Å². The molecular formula is C22H28N2O4S. The van der Waals surface area contributed by atoms with Crippen LogP contribution in [0.25, 0.3) is 0 Å². The van der Waals surface area contributed by atoms with Gasteiger partial charge in [0.2, 0.25) is 15.9 Å². The molecule has 7 heteroatoms. The number of nitrogens with one attached hydrogen (secondary N) is 1. The van der Waals surface area contributed by atoms with Crippen LogP contribution >= 0.6 is 0 Å². The molecule has 3 rings (SSSR count). The quantitative estimate of drug-likeness (QED) is 0.753. The lowest BCUT2D eigenvalue weighted by atomic mass is 9.98. The fourth-order valence-corrected chi connectivity index (χ4v) is 4.92. The molecule has 0 bridgehead atoms. The van der Waals surface area contributed by atoms with Gasteiger partial charge in [-0.15, -0.1) is 0 Å². The number of nitrogens with zero attached hydrogens (tertiary/aromatic N) is 1. The first-order chi connectivity index (χ1) is 13.9. The van der Waals surface area contributed by atoms with Crippen LogP contribution in [0.4, 0.5) is 0 Å². The Labute approximate surface area is 172 Å². The maximum absolute atomic E-state index is 12.8. The Hall–Kier alpha value is -2.38. The molecular weight excluding hydrogens is 388 g/mol. The Morgan fingerprint density at radius 1 is 1.17 bits per heavy atom. The number of hydrogen-bond acceptors (Lipinski definition) is 4. The van der Waals surface area contributed by atoms with Crippen molar-refractivity contribution >= 4 is 15.9 Å². The summed E-state index contributed by atoms with van der Waals surface area (Å²) in [5.74, 6) is 0.275. The molecule has 1 N–H and O–H groups in total. The zero-order chi connectivity index (χ0) is 20.9. The average molecular weight is 417 g/mol. The number of carbonyl (C=O) groups is 1. The summed E-state index contributed by atoms with van der Waals surface area (Å²) >= 11 is 0. The zero-order valence-electron chi connectivity index (χ0n) is 16.9. The number of carbonyl (C=O) groups excluding carboxylic acids is 1. The van der Waals surface area contributed by atoms with E-state index < -0.39 is 10.0 Å². The van der Waals surface area contributed by atoms with Crippen molar-refractivity contribution in [3.8, 4) is 5.75 Å². The van der Waals surface area contributed by atoms with Crippen LogP contribution in [0.15, 0.2) is 59.5 Å². The van der Waals surface area contributed by atoms with Crippen LogP contribution in [0, 0.1) is 12.8 Å². The molecule has 156 valence electrons. The highest BCUT2D eigenvalue weighted by Gasteiger charge is 2.33. The Balaban J connectivity index is 1.54. The van der Waals surface area contributed by atoms with E-state index in [9.17, 15) is 13.2 Å². The molecule has 0 aliphatic carbocycles. The molecule has 1 heterocycles. The van der Waals surface area contributed by atoms with Crippen LogP contribution in [-0.4, -0.2) is 44.4 Å². The van der Waals surface area contributed by atoms with Crippen LogP contribution in [0.3, 0.4) is 0 Å². The van der Waals surface area contributed by atoms with Gasteiger partial charge in [-0.3, -0.25) is 4.79 Å². The second-order valence-electron chi connectivity index (χ2n) is 7.55. The third-order valence-electron chi connectivity index (χ3n) is 5.05. The van der Waals surface area contributed by atoms with E-state index in [1.807, 2.05) is 38.1 Å². The van der Waals surface area contributed by atoms with Gasteiger partial charge in [-0.05, 0) is 51.0 Å². The number of hydrogen-bond donors (Lipinski definition) is 1. The van der Waals surface area contributed by atoms with Gasteiger partial charge >= 0.3 is 0 Å². The summed E-state index contributed by atoms with van der Waals surface area (Å²) in [6.45, 7) is 4.89. The maximum atomic E-state index is 12.8. The summed E-state index contributed by atoms with van der Waals surface area (Å²) in [7, 11) is -3.58. The molecule has 2 aromatic carbocycles. The van der Waals surface area contributed by atoms with Crippen LogP contribution < -0.4 is 10.1 Å². The van der Waals surface area contributed by atoms with Crippen molar-refractivity contribution in [2.24, 2.45) is 5.92 Å². The molecule has 1 amide bonds. The lowest BCUT2D eigenvalue weighted by Crippen LogP contribution is -2.48. The molecule has 2 atom stereocenters. The lowest BCUT2D eigenvalue weighted by molar-refractivity contribution is -0.126. The first-order valence-corrected chi connectivity index (χ1v) is 11.4. The van der Waals surface area contributed by atoms with E-state index in [-0.39, 0.29) is 29.3 Å². The number of sulfonamides is 1. The number of benzene rings is 2. The SMILES string of the molecule is Cc1ccc(OCC(C)NC(=O)C2CCCN(S(=O)(=O)c3ccccc3)C2)cc1. The summed E-state index contributed by atoms with van der Waals surface area (Å²) in [5, 5.41) is 2.96. The largest absolute Gasteiger partial charge is 0.491 e. The fourth-order valence-electron chi connectivity index (χ4n) is 3.37.